The van der Waals surface area contributed by atoms with Crippen LogP contribution in [0, 0.1) is 17.1 Å². The Balaban J connectivity index is 2.88. The van der Waals surface area contributed by atoms with E-state index in [1.165, 1.54) is 6.07 Å². The highest BCUT2D eigenvalue weighted by atomic mass is 19.1. The zero-order valence-corrected chi connectivity index (χ0v) is 6.50. The average Bonchev–Trinajstić information content (AvgIpc) is 2.05. The van der Waals surface area contributed by atoms with E-state index in [0.29, 0.717) is 5.56 Å². The molecular weight excluding hydrogens is 155 g/mol. The second kappa shape index (κ2) is 3.84. The van der Waals surface area contributed by atoms with Crippen molar-refractivity contribution in [2.45, 2.75) is 12.5 Å². The largest absolute Gasteiger partial charge is 0.323 e. The van der Waals surface area contributed by atoms with E-state index in [-0.39, 0.29) is 12.2 Å². The molecule has 2 nitrogen and oxygen atoms in total. The van der Waals surface area contributed by atoms with Crippen LogP contribution in [0.4, 0.5) is 4.39 Å². The smallest absolute Gasteiger partial charge is 0.128 e. The van der Waals surface area contributed by atoms with Gasteiger partial charge in [-0.05, 0) is 6.07 Å². The molecule has 0 aliphatic heterocycles. The van der Waals surface area contributed by atoms with Crippen LogP contribution < -0.4 is 5.73 Å². The minimum atomic E-state index is -0.517. The summed E-state index contributed by atoms with van der Waals surface area (Å²) >= 11 is 0. The molecule has 1 aromatic rings. The Morgan fingerprint density at radius 1 is 1.50 bits per heavy atom. The lowest BCUT2D eigenvalue weighted by molar-refractivity contribution is 0.585. The van der Waals surface area contributed by atoms with Gasteiger partial charge in [0.15, 0.2) is 0 Å². The highest BCUT2D eigenvalue weighted by molar-refractivity contribution is 5.21. The van der Waals surface area contributed by atoms with Crippen LogP contribution in [0.1, 0.15) is 18.0 Å². The molecule has 0 aliphatic rings. The van der Waals surface area contributed by atoms with Crippen LogP contribution in [0.2, 0.25) is 0 Å². The highest BCUT2D eigenvalue weighted by Crippen LogP contribution is 2.16. The summed E-state index contributed by atoms with van der Waals surface area (Å²) in [6.07, 6.45) is 0.140. The van der Waals surface area contributed by atoms with Crippen molar-refractivity contribution in [3.63, 3.8) is 0 Å². The monoisotopic (exact) mass is 164 g/mol. The van der Waals surface area contributed by atoms with Crippen molar-refractivity contribution in [2.75, 3.05) is 0 Å². The number of nitrogens with two attached hydrogens (primary N) is 1. The molecule has 3 heteroatoms. The molecule has 0 amide bonds. The zero-order chi connectivity index (χ0) is 8.97. The maximum absolute atomic E-state index is 13.0. The van der Waals surface area contributed by atoms with E-state index in [1.54, 1.807) is 18.2 Å². The Bertz CT molecular complexity index is 304. The second-order valence-corrected chi connectivity index (χ2v) is 2.49. The lowest BCUT2D eigenvalue weighted by Gasteiger charge is -2.07. The topological polar surface area (TPSA) is 49.8 Å². The fraction of sp³-hybridized carbons (Fsp3) is 0.222. The van der Waals surface area contributed by atoms with Crippen LogP contribution in [0.5, 0.6) is 0 Å². The van der Waals surface area contributed by atoms with Crippen LogP contribution in [0.3, 0.4) is 0 Å². The molecule has 0 aromatic heterocycles. The quantitative estimate of drug-likeness (QED) is 0.723. The van der Waals surface area contributed by atoms with E-state index in [1.807, 2.05) is 6.07 Å². The summed E-state index contributed by atoms with van der Waals surface area (Å²) < 4.78 is 13.0. The molecule has 0 saturated heterocycles. The van der Waals surface area contributed by atoms with Gasteiger partial charge in [0.25, 0.3) is 0 Å². The zero-order valence-electron chi connectivity index (χ0n) is 6.50. The molecular formula is C9H9FN2. The highest BCUT2D eigenvalue weighted by Gasteiger charge is 2.08. The molecule has 1 atom stereocenters. The number of halogens is 1. The van der Waals surface area contributed by atoms with Crippen LogP contribution in [-0.4, -0.2) is 0 Å². The third-order valence-corrected chi connectivity index (χ3v) is 1.62. The molecule has 12 heavy (non-hydrogen) atoms. The van der Waals surface area contributed by atoms with Gasteiger partial charge in [-0.3, -0.25) is 0 Å². The summed E-state index contributed by atoms with van der Waals surface area (Å²) in [7, 11) is 0. The van der Waals surface area contributed by atoms with Gasteiger partial charge in [0.2, 0.25) is 0 Å². The third kappa shape index (κ3) is 1.80. The lowest BCUT2D eigenvalue weighted by Crippen LogP contribution is -2.10. The first kappa shape index (κ1) is 8.69. The molecule has 0 heterocycles. The third-order valence-electron chi connectivity index (χ3n) is 1.62. The van der Waals surface area contributed by atoms with Gasteiger partial charge in [0.1, 0.15) is 5.82 Å². The summed E-state index contributed by atoms with van der Waals surface area (Å²) in [6.45, 7) is 0. The fourth-order valence-corrected chi connectivity index (χ4v) is 0.984. The summed E-state index contributed by atoms with van der Waals surface area (Å²) in [4.78, 5) is 0. The first-order valence-electron chi connectivity index (χ1n) is 3.62. The Kier molecular flexibility index (Phi) is 2.78. The number of hydrogen-bond acceptors (Lipinski definition) is 2. The standard InChI is InChI=1S/C9H9FN2/c10-8-4-2-1-3-7(8)9(12)5-6-11/h1-4,9H,5,12H2/t9-/m1/s1. The Morgan fingerprint density at radius 3 is 2.75 bits per heavy atom. The first-order chi connectivity index (χ1) is 5.75. The van der Waals surface area contributed by atoms with Crippen LogP contribution in [0.25, 0.3) is 0 Å². The van der Waals surface area contributed by atoms with Gasteiger partial charge in [-0.1, -0.05) is 18.2 Å². The van der Waals surface area contributed by atoms with Gasteiger partial charge in [0.05, 0.1) is 12.5 Å². The molecule has 0 saturated carbocycles. The molecule has 0 radical (unpaired) electrons. The van der Waals surface area contributed by atoms with E-state index in [0.717, 1.165) is 0 Å². The van der Waals surface area contributed by atoms with Gasteiger partial charge < -0.3 is 5.73 Å². The average molecular weight is 164 g/mol. The maximum Gasteiger partial charge on any atom is 0.128 e. The van der Waals surface area contributed by atoms with Gasteiger partial charge in [-0.15, -0.1) is 0 Å². The van der Waals surface area contributed by atoms with Crippen molar-refractivity contribution in [3.8, 4) is 6.07 Å². The van der Waals surface area contributed by atoms with Crippen molar-refractivity contribution in [1.29, 1.82) is 5.26 Å². The van der Waals surface area contributed by atoms with Crippen molar-refractivity contribution >= 4 is 0 Å². The predicted octanol–water partition coefficient (Wildman–Crippen LogP) is 1.74. The minimum Gasteiger partial charge on any atom is -0.323 e. The van der Waals surface area contributed by atoms with Crippen molar-refractivity contribution in [1.82, 2.24) is 0 Å². The molecule has 1 aromatic carbocycles. The van der Waals surface area contributed by atoms with Gasteiger partial charge in [-0.2, -0.15) is 5.26 Å². The Hall–Kier alpha value is -1.40. The van der Waals surface area contributed by atoms with Gasteiger partial charge in [0, 0.05) is 11.6 Å². The molecule has 62 valence electrons. The molecule has 0 aliphatic carbocycles. The second-order valence-electron chi connectivity index (χ2n) is 2.49. The summed E-state index contributed by atoms with van der Waals surface area (Å²) in [5.74, 6) is -0.347. The Morgan fingerprint density at radius 2 is 2.17 bits per heavy atom. The van der Waals surface area contributed by atoms with E-state index in [2.05, 4.69) is 0 Å². The SMILES string of the molecule is N#CC[C@@H](N)c1ccccc1F. The molecule has 0 spiro atoms. The van der Waals surface area contributed by atoms with Gasteiger partial charge in [-0.25, -0.2) is 4.39 Å². The number of nitriles is 1. The van der Waals surface area contributed by atoms with Crippen molar-refractivity contribution in [3.05, 3.63) is 35.6 Å². The molecule has 0 bridgehead atoms. The van der Waals surface area contributed by atoms with Gasteiger partial charge >= 0.3 is 0 Å². The lowest BCUT2D eigenvalue weighted by atomic mass is 10.1. The van der Waals surface area contributed by atoms with E-state index >= 15 is 0 Å². The van der Waals surface area contributed by atoms with Crippen molar-refractivity contribution < 1.29 is 4.39 Å². The maximum atomic E-state index is 13.0. The number of nitrogens with zero attached hydrogens (tertiary/aromatic N) is 1. The fourth-order valence-electron chi connectivity index (χ4n) is 0.984. The normalized spacial score (nSPS) is 12.1. The number of benzene rings is 1. The Labute approximate surface area is 70.4 Å². The summed E-state index contributed by atoms with van der Waals surface area (Å²) in [5.41, 5.74) is 5.95. The number of rotatable bonds is 2. The minimum absolute atomic E-state index is 0.140. The number of hydrogen-bond donors (Lipinski definition) is 1. The first-order valence-corrected chi connectivity index (χ1v) is 3.62. The molecule has 1 rings (SSSR count). The molecule has 2 N–H and O–H groups in total. The van der Waals surface area contributed by atoms with E-state index in [4.69, 9.17) is 11.0 Å². The van der Waals surface area contributed by atoms with E-state index in [9.17, 15) is 4.39 Å². The van der Waals surface area contributed by atoms with Crippen LogP contribution in [0.15, 0.2) is 24.3 Å². The molecule has 0 unspecified atom stereocenters. The van der Waals surface area contributed by atoms with Crippen LogP contribution in [-0.2, 0) is 0 Å². The summed E-state index contributed by atoms with van der Waals surface area (Å²) in [6, 6.07) is 7.62. The van der Waals surface area contributed by atoms with E-state index < -0.39 is 6.04 Å². The predicted molar refractivity (Wildman–Crippen MR) is 43.6 cm³/mol. The molecule has 0 fully saturated rings. The van der Waals surface area contributed by atoms with Crippen molar-refractivity contribution in [2.24, 2.45) is 5.73 Å². The van der Waals surface area contributed by atoms with Crippen LogP contribution >= 0.6 is 0 Å². The summed E-state index contributed by atoms with van der Waals surface area (Å²) in [5, 5.41) is 8.34.